The van der Waals surface area contributed by atoms with Crippen LogP contribution in [0.2, 0.25) is 5.02 Å². The number of nitrogens with zero attached hydrogens (tertiary/aromatic N) is 3. The molecule has 5 rings (SSSR count). The molecule has 1 aromatic heterocycles. The molecule has 1 aliphatic heterocycles. The van der Waals surface area contributed by atoms with Gasteiger partial charge in [0.05, 0.1) is 18.8 Å². The van der Waals surface area contributed by atoms with Crippen molar-refractivity contribution in [3.05, 3.63) is 101 Å². The molecule has 2 atom stereocenters. The van der Waals surface area contributed by atoms with E-state index in [4.69, 9.17) is 21.3 Å². The molecule has 202 valence electrons. The van der Waals surface area contributed by atoms with Crippen LogP contribution in [0.3, 0.4) is 0 Å². The number of carbonyl (C=O) groups excluding carboxylic acids is 1. The van der Waals surface area contributed by atoms with E-state index in [1.807, 2.05) is 54.7 Å². The van der Waals surface area contributed by atoms with E-state index in [2.05, 4.69) is 42.7 Å². The Morgan fingerprint density at radius 2 is 1.82 bits per heavy atom. The highest BCUT2D eigenvalue weighted by Crippen LogP contribution is 2.39. The molecule has 6 nitrogen and oxygen atoms in total. The second kappa shape index (κ2) is 11.1. The Balaban J connectivity index is 1.60. The molecule has 4 aromatic rings. The van der Waals surface area contributed by atoms with Gasteiger partial charge in [-0.3, -0.25) is 4.90 Å². The molecule has 3 aromatic carbocycles. The smallest absolute Gasteiger partial charge is 0.410 e. The zero-order valence-electron chi connectivity index (χ0n) is 22.6. The number of halogens is 1. The lowest BCUT2D eigenvalue weighted by Gasteiger charge is -2.27. The van der Waals surface area contributed by atoms with Crippen LogP contribution in [-0.2, 0) is 21.3 Å². The van der Waals surface area contributed by atoms with E-state index in [9.17, 15) is 9.35 Å². The van der Waals surface area contributed by atoms with E-state index in [1.165, 1.54) is 7.11 Å². The number of ether oxygens (including phenoxy) is 1. The van der Waals surface area contributed by atoms with E-state index in [-0.39, 0.29) is 12.1 Å². The first-order valence-electron chi connectivity index (χ1n) is 12.9. The largest absolute Gasteiger partial charge is 0.612 e. The molecule has 0 spiro atoms. The summed E-state index contributed by atoms with van der Waals surface area (Å²) in [5.74, 6) is 0.832. The highest BCUT2D eigenvalue weighted by Gasteiger charge is 2.36. The number of benzene rings is 3. The van der Waals surface area contributed by atoms with Crippen molar-refractivity contribution in [1.82, 2.24) is 14.5 Å². The Bertz CT molecular complexity index is 1480. The summed E-state index contributed by atoms with van der Waals surface area (Å²) in [7, 11) is 1.41. The number of aromatic nitrogens is 2. The van der Waals surface area contributed by atoms with E-state index >= 15 is 0 Å². The normalized spacial score (nSPS) is 16.4. The zero-order valence-corrected chi connectivity index (χ0v) is 24.1. The number of amides is 1. The Morgan fingerprint density at radius 3 is 2.51 bits per heavy atom. The first-order chi connectivity index (χ1) is 18.7. The molecular formula is C31H32ClN3O3S. The Morgan fingerprint density at radius 1 is 1.08 bits per heavy atom. The van der Waals surface area contributed by atoms with Gasteiger partial charge in [-0.25, -0.2) is 9.78 Å². The molecule has 1 fully saturated rings. The number of hydrogen-bond donors (Lipinski definition) is 0. The fraction of sp³-hybridized carbons (Fsp3) is 0.290. The van der Waals surface area contributed by atoms with E-state index in [0.29, 0.717) is 11.6 Å². The summed E-state index contributed by atoms with van der Waals surface area (Å²) in [5.41, 5.74) is 4.27. The Kier molecular flexibility index (Phi) is 7.76. The summed E-state index contributed by atoms with van der Waals surface area (Å²) in [5, 5.41) is 0.680. The van der Waals surface area contributed by atoms with Crippen LogP contribution < -0.4 is 0 Å². The minimum atomic E-state index is -1.05. The molecular weight excluding hydrogens is 530 g/mol. The van der Waals surface area contributed by atoms with Gasteiger partial charge in [-0.05, 0) is 78.8 Å². The second-order valence-electron chi connectivity index (χ2n) is 10.3. The number of likely N-dealkylation sites (tertiary alicyclic amines) is 1. The van der Waals surface area contributed by atoms with Gasteiger partial charge < -0.3 is 13.9 Å². The predicted molar refractivity (Wildman–Crippen MR) is 156 cm³/mol. The third-order valence-corrected chi connectivity index (χ3v) is 8.73. The fourth-order valence-corrected chi connectivity index (χ4v) is 6.30. The van der Waals surface area contributed by atoms with Gasteiger partial charge in [0, 0.05) is 34.9 Å². The lowest BCUT2D eigenvalue weighted by Crippen LogP contribution is -2.30. The maximum atomic E-state index is 12.5. The summed E-state index contributed by atoms with van der Waals surface area (Å²) in [6.07, 6.45) is 5.11. The van der Waals surface area contributed by atoms with Crippen molar-refractivity contribution in [3.8, 4) is 16.8 Å². The van der Waals surface area contributed by atoms with Gasteiger partial charge in [-0.1, -0.05) is 54.1 Å². The van der Waals surface area contributed by atoms with Crippen LogP contribution >= 0.6 is 11.6 Å². The predicted octanol–water partition coefficient (Wildman–Crippen LogP) is 7.16. The third kappa shape index (κ3) is 5.31. The summed E-state index contributed by atoms with van der Waals surface area (Å²) in [6, 6.07) is 23.7. The van der Waals surface area contributed by atoms with Crippen molar-refractivity contribution in [1.29, 1.82) is 0 Å². The van der Waals surface area contributed by atoms with E-state index in [1.54, 1.807) is 11.2 Å². The Labute approximate surface area is 237 Å². The van der Waals surface area contributed by atoms with Gasteiger partial charge in [0.2, 0.25) is 0 Å². The number of methoxy groups -OCH3 is 1. The molecule has 8 heteroatoms. The van der Waals surface area contributed by atoms with Gasteiger partial charge in [-0.2, -0.15) is 0 Å². The van der Waals surface area contributed by atoms with Crippen molar-refractivity contribution < 1.29 is 14.1 Å². The summed E-state index contributed by atoms with van der Waals surface area (Å²) in [6.45, 7) is 4.88. The average molecular weight is 562 g/mol. The van der Waals surface area contributed by atoms with Crippen LogP contribution in [-0.4, -0.2) is 45.0 Å². The highest BCUT2D eigenvalue weighted by molar-refractivity contribution is 7.90. The van der Waals surface area contributed by atoms with Crippen LogP contribution in [0.15, 0.2) is 83.9 Å². The van der Waals surface area contributed by atoms with Crippen LogP contribution in [0.4, 0.5) is 4.79 Å². The van der Waals surface area contributed by atoms with Gasteiger partial charge in [0.15, 0.2) is 4.90 Å². The highest BCUT2D eigenvalue weighted by atomic mass is 35.5. The number of hydrogen-bond acceptors (Lipinski definition) is 4. The van der Waals surface area contributed by atoms with Crippen molar-refractivity contribution in [2.45, 2.75) is 43.0 Å². The average Bonchev–Trinajstić information content (AvgIpc) is 3.61. The molecule has 1 amide bonds. The van der Waals surface area contributed by atoms with Gasteiger partial charge in [0.1, 0.15) is 12.1 Å². The minimum Gasteiger partial charge on any atom is -0.612 e. The van der Waals surface area contributed by atoms with E-state index < -0.39 is 16.6 Å². The van der Waals surface area contributed by atoms with Crippen molar-refractivity contribution >= 4 is 28.9 Å². The van der Waals surface area contributed by atoms with Crippen LogP contribution in [0.5, 0.6) is 0 Å². The van der Waals surface area contributed by atoms with Gasteiger partial charge in [0.25, 0.3) is 0 Å². The molecule has 1 aliphatic rings. The molecule has 0 radical (unpaired) electrons. The first-order valence-corrected chi connectivity index (χ1v) is 14.9. The Hall–Kier alpha value is -3.26. The number of imidazole rings is 1. The topological polar surface area (TPSA) is 70.4 Å². The molecule has 2 heterocycles. The first kappa shape index (κ1) is 27.3. The van der Waals surface area contributed by atoms with Gasteiger partial charge in [-0.15, -0.1) is 0 Å². The molecule has 39 heavy (non-hydrogen) atoms. The fourth-order valence-electron chi connectivity index (χ4n) is 5.36. The maximum absolute atomic E-state index is 12.5. The molecule has 0 saturated carbocycles. The molecule has 2 unspecified atom stereocenters. The molecule has 0 aliphatic carbocycles. The van der Waals surface area contributed by atoms with Crippen molar-refractivity contribution in [2.24, 2.45) is 0 Å². The van der Waals surface area contributed by atoms with Crippen LogP contribution in [0, 0.1) is 0 Å². The van der Waals surface area contributed by atoms with Gasteiger partial charge >= 0.3 is 6.09 Å². The molecule has 1 saturated heterocycles. The van der Waals surface area contributed by atoms with Crippen molar-refractivity contribution in [3.63, 3.8) is 0 Å². The SMILES string of the molecule is COC(=O)N1CCCC1c1cn(-c2ccc(-c3cccc([S+](C)[O-])c3)cc2)c(C(C)(C)c2ccccc2Cl)n1. The van der Waals surface area contributed by atoms with E-state index in [0.717, 1.165) is 51.6 Å². The lowest BCUT2D eigenvalue weighted by molar-refractivity contribution is 0.118. The van der Waals surface area contributed by atoms with Crippen LogP contribution in [0.1, 0.15) is 49.8 Å². The molecule has 0 bridgehead atoms. The summed E-state index contributed by atoms with van der Waals surface area (Å²) in [4.78, 5) is 20.2. The van der Waals surface area contributed by atoms with Crippen molar-refractivity contribution in [2.75, 3.05) is 19.9 Å². The van der Waals surface area contributed by atoms with Crippen LogP contribution in [0.25, 0.3) is 16.8 Å². The number of carbonyl (C=O) groups is 1. The minimum absolute atomic E-state index is 0.156. The standard InChI is InChI=1S/C31H32ClN3O3S/c1-31(2,25-11-5-6-12-26(25)32)29-33-27(28-13-8-18-34(28)30(36)38-3)20-35(29)23-16-14-21(15-17-23)22-9-7-10-24(19-22)39(4)37/h5-7,9-12,14-17,19-20,28H,8,13,18H2,1-4H3. The second-order valence-corrected chi connectivity index (χ2v) is 12.1. The maximum Gasteiger partial charge on any atom is 0.410 e. The number of rotatable bonds is 6. The summed E-state index contributed by atoms with van der Waals surface area (Å²) >= 11 is 5.62. The zero-order chi connectivity index (χ0) is 27.7. The quantitative estimate of drug-likeness (QED) is 0.234. The third-order valence-electron chi connectivity index (χ3n) is 7.48. The monoisotopic (exact) mass is 561 g/mol. The molecule has 0 N–H and O–H groups in total. The lowest BCUT2D eigenvalue weighted by atomic mass is 9.83. The summed E-state index contributed by atoms with van der Waals surface area (Å²) < 4.78 is 19.2.